The molecule has 58 valence electrons. The Morgan fingerprint density at radius 1 is 1.80 bits per heavy atom. The minimum Gasteiger partial charge on any atom is -0.433 e. The Balaban J connectivity index is 2.46. The van der Waals surface area contributed by atoms with Crippen LogP contribution in [0.25, 0.3) is 0 Å². The largest absolute Gasteiger partial charge is 0.433 e. The number of hydrogen-bond acceptors (Lipinski definition) is 3. The summed E-state index contributed by atoms with van der Waals surface area (Å²) in [5, 5.41) is 0. The quantitative estimate of drug-likeness (QED) is 0.544. The second-order valence-electron chi connectivity index (χ2n) is 2.54. The van der Waals surface area contributed by atoms with Crippen LogP contribution in [0.4, 0.5) is 0 Å². The van der Waals surface area contributed by atoms with Gasteiger partial charge in [-0.15, -0.1) is 0 Å². The number of esters is 1. The molecule has 0 aromatic carbocycles. The van der Waals surface area contributed by atoms with Gasteiger partial charge < -0.3 is 9.47 Å². The topological polar surface area (TPSA) is 35.5 Å². The zero-order valence-electron chi connectivity index (χ0n) is 6.35. The fourth-order valence-electron chi connectivity index (χ4n) is 1.08. The van der Waals surface area contributed by atoms with E-state index >= 15 is 0 Å². The lowest BCUT2D eigenvalue weighted by molar-refractivity contribution is -0.201. The molecule has 0 N–H and O–H groups in total. The number of hydrogen-bond donors (Lipinski definition) is 0. The molecule has 3 heteroatoms. The molecule has 1 saturated heterocycles. The zero-order valence-corrected chi connectivity index (χ0v) is 6.35. The second-order valence-corrected chi connectivity index (χ2v) is 2.54. The van der Waals surface area contributed by atoms with Crippen LogP contribution in [0.1, 0.15) is 26.7 Å². The van der Waals surface area contributed by atoms with Gasteiger partial charge >= 0.3 is 5.97 Å². The number of rotatable bonds is 2. The van der Waals surface area contributed by atoms with Crippen LogP contribution in [0.5, 0.6) is 0 Å². The third-order valence-corrected chi connectivity index (χ3v) is 1.56. The maximum atomic E-state index is 10.6. The lowest BCUT2D eigenvalue weighted by atomic mass is 10.2. The SMILES string of the molecule is CCO[C@@]1(C)CCC(=O)O1. The summed E-state index contributed by atoms with van der Waals surface area (Å²) in [6, 6.07) is 0. The monoisotopic (exact) mass is 144 g/mol. The van der Waals surface area contributed by atoms with Gasteiger partial charge in [-0.1, -0.05) is 0 Å². The zero-order chi connectivity index (χ0) is 7.61. The summed E-state index contributed by atoms with van der Waals surface area (Å²) in [6.45, 7) is 4.27. The molecule has 0 bridgehead atoms. The van der Waals surface area contributed by atoms with E-state index in [1.165, 1.54) is 0 Å². The van der Waals surface area contributed by atoms with Gasteiger partial charge in [-0.05, 0) is 6.92 Å². The van der Waals surface area contributed by atoms with Crippen LogP contribution in [-0.4, -0.2) is 18.4 Å². The Hall–Kier alpha value is -0.570. The Morgan fingerprint density at radius 3 is 2.90 bits per heavy atom. The van der Waals surface area contributed by atoms with Crippen molar-refractivity contribution in [3.63, 3.8) is 0 Å². The molecule has 1 heterocycles. The molecule has 1 atom stereocenters. The maximum Gasteiger partial charge on any atom is 0.308 e. The average molecular weight is 144 g/mol. The van der Waals surface area contributed by atoms with Crippen LogP contribution in [0.2, 0.25) is 0 Å². The summed E-state index contributed by atoms with van der Waals surface area (Å²) in [4.78, 5) is 10.6. The third kappa shape index (κ3) is 1.48. The van der Waals surface area contributed by atoms with E-state index in [4.69, 9.17) is 9.47 Å². The van der Waals surface area contributed by atoms with E-state index in [1.54, 1.807) is 6.92 Å². The van der Waals surface area contributed by atoms with Crippen molar-refractivity contribution in [2.75, 3.05) is 6.61 Å². The molecule has 0 radical (unpaired) electrons. The van der Waals surface area contributed by atoms with Gasteiger partial charge in [-0.3, -0.25) is 4.79 Å². The first kappa shape index (κ1) is 7.54. The van der Waals surface area contributed by atoms with Gasteiger partial charge in [-0.25, -0.2) is 0 Å². The highest BCUT2D eigenvalue weighted by Crippen LogP contribution is 2.26. The van der Waals surface area contributed by atoms with Crippen LogP contribution >= 0.6 is 0 Å². The number of ether oxygens (including phenoxy) is 2. The van der Waals surface area contributed by atoms with E-state index in [0.29, 0.717) is 19.4 Å². The third-order valence-electron chi connectivity index (χ3n) is 1.56. The molecule has 0 unspecified atom stereocenters. The first-order chi connectivity index (χ1) is 4.66. The van der Waals surface area contributed by atoms with Crippen molar-refractivity contribution in [3.8, 4) is 0 Å². The summed E-state index contributed by atoms with van der Waals surface area (Å²) in [7, 11) is 0. The van der Waals surface area contributed by atoms with Gasteiger partial charge in [0.2, 0.25) is 5.79 Å². The molecule has 0 saturated carbocycles. The predicted molar refractivity (Wildman–Crippen MR) is 35.4 cm³/mol. The van der Waals surface area contributed by atoms with Crippen LogP contribution in [0.15, 0.2) is 0 Å². The van der Waals surface area contributed by atoms with Gasteiger partial charge in [0.05, 0.1) is 6.42 Å². The van der Waals surface area contributed by atoms with Crippen molar-refractivity contribution < 1.29 is 14.3 Å². The summed E-state index contributed by atoms with van der Waals surface area (Å²) in [5.74, 6) is -0.790. The summed E-state index contributed by atoms with van der Waals surface area (Å²) in [5.41, 5.74) is 0. The van der Waals surface area contributed by atoms with Gasteiger partial charge in [-0.2, -0.15) is 0 Å². The number of cyclic esters (lactones) is 1. The molecule has 0 aliphatic carbocycles. The molecule has 1 rings (SSSR count). The molecule has 3 nitrogen and oxygen atoms in total. The normalized spacial score (nSPS) is 32.4. The Kier molecular flexibility index (Phi) is 1.94. The molecule has 0 spiro atoms. The standard InChI is InChI=1S/C7H12O3/c1-3-9-7(2)5-4-6(8)10-7/h3-5H2,1-2H3/t7-/m1/s1. The van der Waals surface area contributed by atoms with Crippen LogP contribution in [0, 0.1) is 0 Å². The second kappa shape index (κ2) is 2.58. The van der Waals surface area contributed by atoms with Crippen molar-refractivity contribution in [2.45, 2.75) is 32.5 Å². The molecular weight excluding hydrogens is 132 g/mol. The maximum absolute atomic E-state index is 10.6. The summed E-state index contributed by atoms with van der Waals surface area (Å²) >= 11 is 0. The summed E-state index contributed by atoms with van der Waals surface area (Å²) in [6.07, 6.45) is 1.16. The first-order valence-corrected chi connectivity index (χ1v) is 3.52. The van der Waals surface area contributed by atoms with Crippen molar-refractivity contribution in [3.05, 3.63) is 0 Å². The smallest absolute Gasteiger partial charge is 0.308 e. The van der Waals surface area contributed by atoms with E-state index in [9.17, 15) is 4.79 Å². The van der Waals surface area contributed by atoms with Gasteiger partial charge in [0.1, 0.15) is 0 Å². The lowest BCUT2D eigenvalue weighted by Crippen LogP contribution is -2.27. The van der Waals surface area contributed by atoms with Crippen molar-refractivity contribution >= 4 is 5.97 Å². The van der Waals surface area contributed by atoms with Crippen LogP contribution in [-0.2, 0) is 14.3 Å². The van der Waals surface area contributed by atoms with E-state index in [-0.39, 0.29) is 5.97 Å². The summed E-state index contributed by atoms with van der Waals surface area (Å²) < 4.78 is 10.1. The van der Waals surface area contributed by atoms with Crippen molar-refractivity contribution in [1.29, 1.82) is 0 Å². The molecule has 0 amide bonds. The van der Waals surface area contributed by atoms with Crippen LogP contribution in [0.3, 0.4) is 0 Å². The van der Waals surface area contributed by atoms with Crippen LogP contribution < -0.4 is 0 Å². The molecule has 1 fully saturated rings. The van der Waals surface area contributed by atoms with Gasteiger partial charge in [0, 0.05) is 20.0 Å². The van der Waals surface area contributed by atoms with Gasteiger partial charge in [0.15, 0.2) is 0 Å². The molecule has 1 aliphatic rings. The molecule has 0 aromatic rings. The Morgan fingerprint density at radius 2 is 2.50 bits per heavy atom. The minimum absolute atomic E-state index is 0.157. The van der Waals surface area contributed by atoms with E-state index < -0.39 is 5.79 Å². The Bertz CT molecular complexity index is 144. The van der Waals surface area contributed by atoms with E-state index in [1.807, 2.05) is 6.92 Å². The molecule has 1 aliphatic heterocycles. The van der Waals surface area contributed by atoms with Crippen molar-refractivity contribution in [2.24, 2.45) is 0 Å². The number of carbonyl (C=O) groups excluding carboxylic acids is 1. The fourth-order valence-corrected chi connectivity index (χ4v) is 1.08. The fraction of sp³-hybridized carbons (Fsp3) is 0.857. The van der Waals surface area contributed by atoms with Crippen molar-refractivity contribution in [1.82, 2.24) is 0 Å². The first-order valence-electron chi connectivity index (χ1n) is 3.52. The predicted octanol–water partition coefficient (Wildman–Crippen LogP) is 1.08. The molecule has 0 aromatic heterocycles. The average Bonchev–Trinajstić information content (AvgIpc) is 2.12. The lowest BCUT2D eigenvalue weighted by Gasteiger charge is -2.21. The minimum atomic E-state index is -0.633. The molecular formula is C7H12O3. The van der Waals surface area contributed by atoms with E-state index in [2.05, 4.69) is 0 Å². The van der Waals surface area contributed by atoms with E-state index in [0.717, 1.165) is 0 Å². The highest BCUT2D eigenvalue weighted by molar-refractivity contribution is 5.71. The number of carbonyl (C=O) groups is 1. The Labute approximate surface area is 60.3 Å². The highest BCUT2D eigenvalue weighted by Gasteiger charge is 2.35. The highest BCUT2D eigenvalue weighted by atomic mass is 16.7. The molecule has 10 heavy (non-hydrogen) atoms. The van der Waals surface area contributed by atoms with Gasteiger partial charge in [0.25, 0.3) is 0 Å².